The number of halogens is 1. The van der Waals surface area contributed by atoms with Crippen molar-refractivity contribution in [1.82, 2.24) is 9.97 Å². The number of anilines is 1. The maximum absolute atomic E-state index is 13.4. The van der Waals surface area contributed by atoms with Gasteiger partial charge in [0.05, 0.1) is 5.69 Å². The molecule has 18 heavy (non-hydrogen) atoms. The minimum atomic E-state index is -0.276. The Kier molecular flexibility index (Phi) is 2.70. The van der Waals surface area contributed by atoms with Crippen LogP contribution >= 0.6 is 11.8 Å². The van der Waals surface area contributed by atoms with E-state index in [1.54, 1.807) is 11.8 Å². The molecule has 0 fully saturated rings. The van der Waals surface area contributed by atoms with E-state index in [9.17, 15) is 4.39 Å². The molecule has 2 N–H and O–H groups in total. The Morgan fingerprint density at radius 1 is 1.22 bits per heavy atom. The van der Waals surface area contributed by atoms with Gasteiger partial charge in [0.2, 0.25) is 0 Å². The fourth-order valence-corrected chi connectivity index (χ4v) is 3.12. The summed E-state index contributed by atoms with van der Waals surface area (Å²) in [5, 5.41) is 0. The van der Waals surface area contributed by atoms with Gasteiger partial charge in [-0.15, -0.1) is 0 Å². The van der Waals surface area contributed by atoms with Crippen LogP contribution in [0.4, 0.5) is 10.2 Å². The molecule has 0 saturated carbocycles. The lowest BCUT2D eigenvalue weighted by Gasteiger charge is -2.07. The zero-order chi connectivity index (χ0) is 12.7. The molecule has 0 saturated heterocycles. The fourth-order valence-electron chi connectivity index (χ4n) is 2.07. The van der Waals surface area contributed by atoms with Crippen molar-refractivity contribution in [2.75, 3.05) is 5.73 Å². The zero-order valence-electron chi connectivity index (χ0n) is 9.90. The molecular weight excluding hydrogens is 249 g/mol. The summed E-state index contributed by atoms with van der Waals surface area (Å²) in [6.07, 6.45) is 0. The normalized spacial score (nSPS) is 13.7. The van der Waals surface area contributed by atoms with Crippen molar-refractivity contribution in [2.45, 2.75) is 18.4 Å². The third kappa shape index (κ3) is 1.95. The lowest BCUT2D eigenvalue weighted by atomic mass is 10.1. The topological polar surface area (TPSA) is 51.8 Å². The van der Waals surface area contributed by atoms with Crippen LogP contribution in [0.5, 0.6) is 0 Å². The van der Waals surface area contributed by atoms with Gasteiger partial charge in [-0.3, -0.25) is 0 Å². The van der Waals surface area contributed by atoms with Gasteiger partial charge in [0.15, 0.2) is 5.82 Å². The summed E-state index contributed by atoms with van der Waals surface area (Å²) in [7, 11) is 0. The molecule has 3 nitrogen and oxygen atoms in total. The SMILES string of the molecule is Cc1cc(F)cc(-c2nc(N)c3c(n2)CSC3)c1. The number of hydrogen-bond donors (Lipinski definition) is 1. The fraction of sp³-hybridized carbons (Fsp3) is 0.231. The van der Waals surface area contributed by atoms with Gasteiger partial charge in [0, 0.05) is 22.6 Å². The summed E-state index contributed by atoms with van der Waals surface area (Å²) >= 11 is 1.77. The molecule has 2 aromatic rings. The number of nitrogen functional groups attached to an aromatic ring is 1. The average Bonchev–Trinajstić information content (AvgIpc) is 2.76. The molecule has 0 unspecified atom stereocenters. The Bertz CT molecular complexity index is 608. The third-order valence-electron chi connectivity index (χ3n) is 2.91. The molecule has 0 aliphatic carbocycles. The zero-order valence-corrected chi connectivity index (χ0v) is 10.7. The van der Waals surface area contributed by atoms with Crippen LogP contribution in [0.3, 0.4) is 0 Å². The number of benzene rings is 1. The van der Waals surface area contributed by atoms with Crippen LogP contribution in [0.15, 0.2) is 18.2 Å². The molecule has 0 bridgehead atoms. The monoisotopic (exact) mass is 261 g/mol. The Balaban J connectivity index is 2.15. The first-order chi connectivity index (χ1) is 8.63. The van der Waals surface area contributed by atoms with E-state index in [2.05, 4.69) is 9.97 Å². The van der Waals surface area contributed by atoms with Gasteiger partial charge in [-0.25, -0.2) is 14.4 Å². The molecule has 1 aliphatic heterocycles. The maximum atomic E-state index is 13.4. The highest BCUT2D eigenvalue weighted by Crippen LogP contribution is 2.33. The van der Waals surface area contributed by atoms with Gasteiger partial charge in [0.1, 0.15) is 11.6 Å². The number of aromatic nitrogens is 2. The second kappa shape index (κ2) is 4.24. The van der Waals surface area contributed by atoms with E-state index in [1.807, 2.05) is 13.0 Å². The van der Waals surface area contributed by atoms with Crippen LogP contribution in [-0.4, -0.2) is 9.97 Å². The summed E-state index contributed by atoms with van der Waals surface area (Å²) in [5.41, 5.74) is 9.46. The summed E-state index contributed by atoms with van der Waals surface area (Å²) in [5.74, 6) is 2.47. The van der Waals surface area contributed by atoms with Crippen LogP contribution in [-0.2, 0) is 11.5 Å². The molecule has 1 aromatic heterocycles. The summed E-state index contributed by atoms with van der Waals surface area (Å²) < 4.78 is 13.4. The van der Waals surface area contributed by atoms with Crippen LogP contribution in [0.25, 0.3) is 11.4 Å². The lowest BCUT2D eigenvalue weighted by molar-refractivity contribution is 0.627. The van der Waals surface area contributed by atoms with E-state index in [0.717, 1.165) is 28.3 Å². The third-order valence-corrected chi connectivity index (χ3v) is 3.88. The number of fused-ring (bicyclic) bond motifs is 1. The van der Waals surface area contributed by atoms with Gasteiger partial charge >= 0.3 is 0 Å². The highest BCUT2D eigenvalue weighted by molar-refractivity contribution is 7.98. The Morgan fingerprint density at radius 2 is 2.06 bits per heavy atom. The average molecular weight is 261 g/mol. The van der Waals surface area contributed by atoms with Crippen molar-refractivity contribution in [3.05, 3.63) is 40.8 Å². The molecule has 2 heterocycles. The number of hydrogen-bond acceptors (Lipinski definition) is 4. The second-order valence-electron chi connectivity index (χ2n) is 4.37. The van der Waals surface area contributed by atoms with E-state index in [0.29, 0.717) is 17.2 Å². The first-order valence-corrected chi connectivity index (χ1v) is 6.79. The summed E-state index contributed by atoms with van der Waals surface area (Å²) in [6, 6.07) is 4.79. The van der Waals surface area contributed by atoms with Crippen LogP contribution < -0.4 is 5.73 Å². The summed E-state index contributed by atoms with van der Waals surface area (Å²) in [6.45, 7) is 1.85. The van der Waals surface area contributed by atoms with Gasteiger partial charge in [-0.1, -0.05) is 0 Å². The van der Waals surface area contributed by atoms with Crippen LogP contribution in [0.2, 0.25) is 0 Å². The molecule has 3 rings (SSSR count). The molecule has 1 aliphatic rings. The number of nitrogens with two attached hydrogens (primary N) is 1. The first-order valence-electron chi connectivity index (χ1n) is 5.64. The first kappa shape index (κ1) is 11.5. The van der Waals surface area contributed by atoms with E-state index in [4.69, 9.17) is 5.73 Å². The Labute approximate surface area is 109 Å². The smallest absolute Gasteiger partial charge is 0.161 e. The standard InChI is InChI=1S/C13H12FN3S/c1-7-2-8(4-9(14)3-7)13-16-11-6-18-5-10(11)12(15)17-13/h2-4H,5-6H2,1H3,(H2,15,16,17). The van der Waals surface area contributed by atoms with E-state index in [1.165, 1.54) is 12.1 Å². The predicted octanol–water partition coefficient (Wildman–Crippen LogP) is 2.92. The van der Waals surface area contributed by atoms with Crippen molar-refractivity contribution in [2.24, 2.45) is 0 Å². The molecule has 0 radical (unpaired) electrons. The molecular formula is C13H12FN3S. The van der Waals surface area contributed by atoms with Crippen molar-refractivity contribution in [3.8, 4) is 11.4 Å². The number of rotatable bonds is 1. The van der Waals surface area contributed by atoms with E-state index >= 15 is 0 Å². The van der Waals surface area contributed by atoms with Crippen molar-refractivity contribution < 1.29 is 4.39 Å². The predicted molar refractivity (Wildman–Crippen MR) is 71.6 cm³/mol. The number of thioether (sulfide) groups is 1. The molecule has 5 heteroatoms. The minimum absolute atomic E-state index is 0.276. The maximum Gasteiger partial charge on any atom is 0.161 e. The molecule has 1 aromatic carbocycles. The molecule has 0 amide bonds. The van der Waals surface area contributed by atoms with Crippen molar-refractivity contribution >= 4 is 17.6 Å². The number of aryl methyl sites for hydroxylation is 1. The van der Waals surface area contributed by atoms with Crippen LogP contribution in [0, 0.1) is 12.7 Å². The van der Waals surface area contributed by atoms with Crippen molar-refractivity contribution in [1.29, 1.82) is 0 Å². The van der Waals surface area contributed by atoms with E-state index < -0.39 is 0 Å². The summed E-state index contributed by atoms with van der Waals surface area (Å²) in [4.78, 5) is 8.77. The van der Waals surface area contributed by atoms with Gasteiger partial charge in [0.25, 0.3) is 0 Å². The van der Waals surface area contributed by atoms with Gasteiger partial charge < -0.3 is 5.73 Å². The molecule has 92 valence electrons. The van der Waals surface area contributed by atoms with Crippen LogP contribution in [0.1, 0.15) is 16.8 Å². The molecule has 0 atom stereocenters. The highest BCUT2D eigenvalue weighted by Gasteiger charge is 2.18. The van der Waals surface area contributed by atoms with Crippen molar-refractivity contribution in [3.63, 3.8) is 0 Å². The Morgan fingerprint density at radius 3 is 2.83 bits per heavy atom. The van der Waals surface area contributed by atoms with Gasteiger partial charge in [-0.05, 0) is 30.7 Å². The lowest BCUT2D eigenvalue weighted by Crippen LogP contribution is -2.03. The highest BCUT2D eigenvalue weighted by atomic mass is 32.2. The number of nitrogens with zero attached hydrogens (tertiary/aromatic N) is 2. The Hall–Kier alpha value is -1.62. The molecule has 0 spiro atoms. The second-order valence-corrected chi connectivity index (χ2v) is 5.35. The largest absolute Gasteiger partial charge is 0.383 e. The minimum Gasteiger partial charge on any atom is -0.383 e. The quantitative estimate of drug-likeness (QED) is 0.857. The van der Waals surface area contributed by atoms with E-state index in [-0.39, 0.29) is 5.82 Å². The van der Waals surface area contributed by atoms with Gasteiger partial charge in [-0.2, -0.15) is 11.8 Å².